The predicted octanol–water partition coefficient (Wildman–Crippen LogP) is 4.84. The van der Waals surface area contributed by atoms with Crippen LogP contribution >= 0.6 is 11.6 Å². The quantitative estimate of drug-likeness (QED) is 0.622. The van der Waals surface area contributed by atoms with Crippen LogP contribution < -0.4 is 10.0 Å². The Kier molecular flexibility index (Phi) is 5.67. The summed E-state index contributed by atoms with van der Waals surface area (Å²) in [7, 11) is -4.09. The van der Waals surface area contributed by atoms with Crippen molar-refractivity contribution in [3.05, 3.63) is 88.7 Å². The molecule has 3 aromatic carbocycles. The molecule has 0 aliphatic carbocycles. The zero-order valence-electron chi connectivity index (χ0n) is 14.7. The van der Waals surface area contributed by atoms with E-state index in [1.807, 2.05) is 0 Å². The largest absolute Gasteiger partial charge is 0.321 e. The second-order valence-electron chi connectivity index (χ2n) is 6.00. The number of nitrogens with one attached hydrogen (secondary N) is 2. The van der Waals surface area contributed by atoms with Crippen molar-refractivity contribution in [2.45, 2.75) is 11.8 Å². The first-order valence-corrected chi connectivity index (χ1v) is 10.1. The standard InChI is InChI=1S/C20H16ClFN2O3S/c1-13-10-11-14(28(26,27)24-19-9-5-3-7-17(19)22)12-15(13)20(25)23-18-8-4-2-6-16(18)21/h2-12,24H,1H3,(H,23,25). The molecule has 0 heterocycles. The summed E-state index contributed by atoms with van der Waals surface area (Å²) in [6.45, 7) is 1.68. The maximum Gasteiger partial charge on any atom is 0.262 e. The molecule has 0 radical (unpaired) electrons. The zero-order chi connectivity index (χ0) is 20.3. The van der Waals surface area contributed by atoms with Crippen LogP contribution in [0.1, 0.15) is 15.9 Å². The highest BCUT2D eigenvalue weighted by Gasteiger charge is 2.20. The second-order valence-corrected chi connectivity index (χ2v) is 8.09. The molecule has 144 valence electrons. The van der Waals surface area contributed by atoms with Crippen LogP contribution in [0.3, 0.4) is 0 Å². The fourth-order valence-corrected chi connectivity index (χ4v) is 3.79. The topological polar surface area (TPSA) is 75.3 Å². The molecule has 0 saturated heterocycles. The number of benzene rings is 3. The Morgan fingerprint density at radius 3 is 2.29 bits per heavy atom. The van der Waals surface area contributed by atoms with Gasteiger partial charge in [0, 0.05) is 5.56 Å². The zero-order valence-corrected chi connectivity index (χ0v) is 16.3. The molecule has 0 bridgehead atoms. The number of amides is 1. The molecule has 1 amide bonds. The fraction of sp³-hybridized carbons (Fsp3) is 0.0500. The first-order chi connectivity index (χ1) is 13.3. The van der Waals surface area contributed by atoms with Gasteiger partial charge in [-0.05, 0) is 48.9 Å². The lowest BCUT2D eigenvalue weighted by molar-refractivity contribution is 0.102. The second kappa shape index (κ2) is 8.00. The molecule has 0 fully saturated rings. The lowest BCUT2D eigenvalue weighted by Crippen LogP contribution is -2.17. The summed E-state index contributed by atoms with van der Waals surface area (Å²) in [6.07, 6.45) is 0. The van der Waals surface area contributed by atoms with E-state index in [-0.39, 0.29) is 16.1 Å². The number of carbonyl (C=O) groups is 1. The van der Waals surface area contributed by atoms with Gasteiger partial charge in [-0.2, -0.15) is 0 Å². The molecule has 5 nitrogen and oxygen atoms in total. The van der Waals surface area contributed by atoms with E-state index in [1.165, 1.54) is 36.4 Å². The van der Waals surface area contributed by atoms with Crippen molar-refractivity contribution in [3.63, 3.8) is 0 Å². The highest BCUT2D eigenvalue weighted by atomic mass is 35.5. The molecule has 8 heteroatoms. The van der Waals surface area contributed by atoms with Crippen LogP contribution in [0.15, 0.2) is 71.6 Å². The molecule has 0 saturated carbocycles. The Morgan fingerprint density at radius 2 is 1.61 bits per heavy atom. The first kappa shape index (κ1) is 19.9. The Morgan fingerprint density at radius 1 is 0.964 bits per heavy atom. The van der Waals surface area contributed by atoms with Crippen molar-refractivity contribution in [1.29, 1.82) is 0 Å². The summed E-state index contributed by atoms with van der Waals surface area (Å²) < 4.78 is 41.2. The van der Waals surface area contributed by atoms with Crippen molar-refractivity contribution in [2.75, 3.05) is 10.0 Å². The number of halogens is 2. The number of hydrogen-bond donors (Lipinski definition) is 2. The van der Waals surface area contributed by atoms with E-state index in [4.69, 9.17) is 11.6 Å². The molecular formula is C20H16ClFN2O3S. The average Bonchev–Trinajstić information content (AvgIpc) is 2.65. The number of aryl methyl sites for hydroxylation is 1. The molecule has 0 atom stereocenters. The van der Waals surface area contributed by atoms with Crippen LogP contribution in [0.5, 0.6) is 0 Å². The van der Waals surface area contributed by atoms with Crippen LogP contribution in [0.25, 0.3) is 0 Å². The van der Waals surface area contributed by atoms with Gasteiger partial charge in [-0.25, -0.2) is 12.8 Å². The molecule has 28 heavy (non-hydrogen) atoms. The number of para-hydroxylation sites is 2. The molecule has 0 aliphatic rings. The van der Waals surface area contributed by atoms with Gasteiger partial charge in [-0.1, -0.05) is 41.9 Å². The van der Waals surface area contributed by atoms with Crippen molar-refractivity contribution in [2.24, 2.45) is 0 Å². The fourth-order valence-electron chi connectivity index (χ4n) is 2.51. The number of sulfonamides is 1. The molecule has 3 rings (SSSR count). The molecule has 0 aliphatic heterocycles. The molecular weight excluding hydrogens is 403 g/mol. The van der Waals surface area contributed by atoms with Crippen LogP contribution in [0.2, 0.25) is 5.02 Å². The van der Waals surface area contributed by atoms with Crippen molar-refractivity contribution in [3.8, 4) is 0 Å². The van der Waals surface area contributed by atoms with E-state index in [1.54, 1.807) is 31.2 Å². The highest BCUT2D eigenvalue weighted by molar-refractivity contribution is 7.92. The van der Waals surface area contributed by atoms with E-state index in [0.29, 0.717) is 16.3 Å². The monoisotopic (exact) mass is 418 g/mol. The minimum absolute atomic E-state index is 0.161. The Hall–Kier alpha value is -2.90. The van der Waals surface area contributed by atoms with Gasteiger partial charge in [0.05, 0.1) is 21.3 Å². The number of hydrogen-bond acceptors (Lipinski definition) is 3. The minimum Gasteiger partial charge on any atom is -0.321 e. The molecule has 0 spiro atoms. The van der Waals surface area contributed by atoms with Crippen molar-refractivity contribution in [1.82, 2.24) is 0 Å². The maximum atomic E-state index is 13.8. The Labute approximate surface area is 167 Å². The number of carbonyl (C=O) groups excluding carboxylic acids is 1. The predicted molar refractivity (Wildman–Crippen MR) is 108 cm³/mol. The third kappa shape index (κ3) is 4.32. The van der Waals surface area contributed by atoms with Crippen LogP contribution in [-0.4, -0.2) is 14.3 Å². The van der Waals surface area contributed by atoms with Gasteiger partial charge < -0.3 is 5.32 Å². The van der Waals surface area contributed by atoms with E-state index in [0.717, 1.165) is 6.07 Å². The lowest BCUT2D eigenvalue weighted by atomic mass is 10.1. The lowest BCUT2D eigenvalue weighted by Gasteiger charge is -2.12. The normalized spacial score (nSPS) is 11.1. The molecule has 0 aromatic heterocycles. The average molecular weight is 419 g/mol. The maximum absolute atomic E-state index is 13.8. The van der Waals surface area contributed by atoms with Crippen molar-refractivity contribution < 1.29 is 17.6 Å². The van der Waals surface area contributed by atoms with E-state index >= 15 is 0 Å². The van der Waals surface area contributed by atoms with Gasteiger partial charge in [0.1, 0.15) is 5.82 Å². The van der Waals surface area contributed by atoms with E-state index < -0.39 is 21.7 Å². The summed E-state index contributed by atoms with van der Waals surface area (Å²) >= 11 is 6.05. The first-order valence-electron chi connectivity index (χ1n) is 8.22. The van der Waals surface area contributed by atoms with Gasteiger partial charge >= 0.3 is 0 Å². The smallest absolute Gasteiger partial charge is 0.262 e. The molecule has 3 aromatic rings. The van der Waals surface area contributed by atoms with E-state index in [9.17, 15) is 17.6 Å². The summed E-state index contributed by atoms with van der Waals surface area (Å²) in [5.74, 6) is -1.21. The SMILES string of the molecule is Cc1ccc(S(=O)(=O)Nc2ccccc2F)cc1C(=O)Nc1ccccc1Cl. The Bertz CT molecular complexity index is 1150. The summed E-state index contributed by atoms with van der Waals surface area (Å²) in [4.78, 5) is 12.5. The summed E-state index contributed by atoms with van der Waals surface area (Å²) in [6, 6.07) is 16.2. The van der Waals surface area contributed by atoms with Gasteiger partial charge in [0.25, 0.3) is 15.9 Å². The molecule has 2 N–H and O–H groups in total. The highest BCUT2D eigenvalue weighted by Crippen LogP contribution is 2.24. The van der Waals surface area contributed by atoms with Crippen LogP contribution in [0.4, 0.5) is 15.8 Å². The summed E-state index contributed by atoms with van der Waals surface area (Å²) in [5, 5.41) is 3.02. The van der Waals surface area contributed by atoms with Crippen LogP contribution in [-0.2, 0) is 10.0 Å². The van der Waals surface area contributed by atoms with Crippen molar-refractivity contribution >= 4 is 38.9 Å². The van der Waals surface area contributed by atoms with Gasteiger partial charge in [0.2, 0.25) is 0 Å². The summed E-state index contributed by atoms with van der Waals surface area (Å²) in [5.41, 5.74) is 0.974. The van der Waals surface area contributed by atoms with Gasteiger partial charge in [-0.3, -0.25) is 9.52 Å². The third-order valence-corrected chi connectivity index (χ3v) is 5.70. The van der Waals surface area contributed by atoms with Gasteiger partial charge in [0.15, 0.2) is 0 Å². The molecule has 0 unspecified atom stereocenters. The third-order valence-electron chi connectivity index (χ3n) is 4.00. The van der Waals surface area contributed by atoms with Gasteiger partial charge in [-0.15, -0.1) is 0 Å². The minimum atomic E-state index is -4.09. The Balaban J connectivity index is 1.91. The van der Waals surface area contributed by atoms with Crippen LogP contribution in [0, 0.1) is 12.7 Å². The number of rotatable bonds is 5. The number of anilines is 2. The van der Waals surface area contributed by atoms with E-state index in [2.05, 4.69) is 10.0 Å².